The lowest BCUT2D eigenvalue weighted by Gasteiger charge is -2.24. The minimum Gasteiger partial charge on any atom is -0.450 e. The lowest BCUT2D eigenvalue weighted by Crippen LogP contribution is -2.37. The van der Waals surface area contributed by atoms with Crippen molar-refractivity contribution in [3.8, 4) is 11.8 Å². The fourth-order valence-electron chi connectivity index (χ4n) is 2.48. The van der Waals surface area contributed by atoms with E-state index in [1.54, 1.807) is 24.3 Å². The van der Waals surface area contributed by atoms with Gasteiger partial charge in [0.1, 0.15) is 0 Å². The monoisotopic (exact) mass is 377 g/mol. The molecule has 0 aliphatic carbocycles. The molecular formula is C18H19NO4S2. The van der Waals surface area contributed by atoms with E-state index in [1.165, 1.54) is 22.7 Å². The first-order valence-electron chi connectivity index (χ1n) is 7.94. The Kier molecular flexibility index (Phi) is 6.24. The molecule has 0 unspecified atom stereocenters. The lowest BCUT2D eigenvalue weighted by atomic mass is 10.0. The van der Waals surface area contributed by atoms with Gasteiger partial charge >= 0.3 is 5.97 Å². The first-order valence-corrected chi connectivity index (χ1v) is 9.70. The van der Waals surface area contributed by atoms with Crippen molar-refractivity contribution in [2.75, 3.05) is 39.5 Å². The summed E-state index contributed by atoms with van der Waals surface area (Å²) in [5, 5.41) is 14.7. The van der Waals surface area contributed by atoms with Gasteiger partial charge in [-0.25, -0.2) is 4.79 Å². The van der Waals surface area contributed by atoms with Crippen LogP contribution in [0.4, 0.5) is 0 Å². The molecule has 0 radical (unpaired) electrons. The summed E-state index contributed by atoms with van der Waals surface area (Å²) >= 11 is 2.64. The van der Waals surface area contributed by atoms with Crippen LogP contribution in [0, 0.1) is 11.8 Å². The van der Waals surface area contributed by atoms with Gasteiger partial charge in [0.25, 0.3) is 0 Å². The predicted molar refractivity (Wildman–Crippen MR) is 97.6 cm³/mol. The number of thiophene rings is 2. The molecule has 0 atom stereocenters. The lowest BCUT2D eigenvalue weighted by molar-refractivity contribution is -0.160. The molecule has 2 aromatic rings. The second-order valence-corrected chi connectivity index (χ2v) is 7.38. The summed E-state index contributed by atoms with van der Waals surface area (Å²) in [7, 11) is 0. The Hall–Kier alpha value is -1.69. The number of esters is 1. The Morgan fingerprint density at radius 3 is 2.40 bits per heavy atom. The largest absolute Gasteiger partial charge is 0.450 e. The smallest absolute Gasteiger partial charge is 0.350 e. The Balaban J connectivity index is 1.60. The van der Waals surface area contributed by atoms with Crippen LogP contribution in [-0.4, -0.2) is 55.4 Å². The standard InChI is InChI=1S/C18H19NO4S2/c20-17(23-10-2-1-7-19-8-11-22-12-9-19)18(21,15-5-3-13-24-15)16-6-4-14-25-16/h3-6,13-14,21H,7-12H2. The highest BCUT2D eigenvalue weighted by Gasteiger charge is 2.43. The second-order valence-electron chi connectivity index (χ2n) is 5.48. The van der Waals surface area contributed by atoms with E-state index in [2.05, 4.69) is 16.7 Å². The minimum atomic E-state index is -1.77. The van der Waals surface area contributed by atoms with Crippen LogP contribution in [0.15, 0.2) is 35.0 Å². The van der Waals surface area contributed by atoms with Gasteiger partial charge in [0.2, 0.25) is 5.60 Å². The van der Waals surface area contributed by atoms with Crippen LogP contribution in [0.25, 0.3) is 0 Å². The van der Waals surface area contributed by atoms with Crippen LogP contribution in [0.5, 0.6) is 0 Å². The average molecular weight is 377 g/mol. The third-order valence-corrected chi connectivity index (χ3v) is 5.82. The molecule has 1 N–H and O–H groups in total. The maximum atomic E-state index is 12.6. The predicted octanol–water partition coefficient (Wildman–Crippen LogP) is 1.92. The van der Waals surface area contributed by atoms with Gasteiger partial charge in [-0.05, 0) is 22.9 Å². The number of hydrogen-bond donors (Lipinski definition) is 1. The molecule has 3 rings (SSSR count). The summed E-state index contributed by atoms with van der Waals surface area (Å²) in [6.45, 7) is 3.77. The van der Waals surface area contributed by atoms with E-state index in [0.717, 1.165) is 26.3 Å². The number of rotatable bonds is 5. The van der Waals surface area contributed by atoms with Crippen LogP contribution >= 0.6 is 22.7 Å². The summed E-state index contributed by atoms with van der Waals surface area (Å²) < 4.78 is 10.5. The van der Waals surface area contributed by atoms with Crippen LogP contribution in [0.2, 0.25) is 0 Å². The number of aliphatic hydroxyl groups is 1. The summed E-state index contributed by atoms with van der Waals surface area (Å²) in [6.07, 6.45) is 0. The van der Waals surface area contributed by atoms with E-state index in [4.69, 9.17) is 9.47 Å². The van der Waals surface area contributed by atoms with Crippen LogP contribution in [-0.2, 0) is 19.9 Å². The number of carbonyl (C=O) groups excluding carboxylic acids is 1. The van der Waals surface area contributed by atoms with Crippen LogP contribution < -0.4 is 0 Å². The van der Waals surface area contributed by atoms with Gasteiger partial charge in [0.15, 0.2) is 6.61 Å². The summed E-state index contributed by atoms with van der Waals surface area (Å²) in [6, 6.07) is 7.06. The number of nitrogens with zero attached hydrogens (tertiary/aromatic N) is 1. The van der Waals surface area contributed by atoms with Crippen LogP contribution in [0.3, 0.4) is 0 Å². The molecule has 1 saturated heterocycles. The molecule has 0 spiro atoms. The number of ether oxygens (including phenoxy) is 2. The highest BCUT2D eigenvalue weighted by molar-refractivity contribution is 7.12. The highest BCUT2D eigenvalue weighted by atomic mass is 32.1. The molecule has 0 saturated carbocycles. The van der Waals surface area contributed by atoms with Gasteiger partial charge in [0.05, 0.1) is 29.5 Å². The van der Waals surface area contributed by atoms with E-state index in [1.807, 2.05) is 10.8 Å². The van der Waals surface area contributed by atoms with Crippen molar-refractivity contribution < 1.29 is 19.4 Å². The normalized spacial score (nSPS) is 15.4. The van der Waals surface area contributed by atoms with Gasteiger partial charge in [-0.2, -0.15) is 0 Å². The maximum Gasteiger partial charge on any atom is 0.350 e. The van der Waals surface area contributed by atoms with E-state index >= 15 is 0 Å². The number of carbonyl (C=O) groups is 1. The summed E-state index contributed by atoms with van der Waals surface area (Å²) in [5.41, 5.74) is -1.77. The molecule has 0 amide bonds. The maximum absolute atomic E-state index is 12.6. The van der Waals surface area contributed by atoms with Gasteiger partial charge < -0.3 is 14.6 Å². The molecule has 3 heterocycles. The molecule has 5 nitrogen and oxygen atoms in total. The fraction of sp³-hybridized carbons (Fsp3) is 0.389. The topological polar surface area (TPSA) is 59.0 Å². The van der Waals surface area contributed by atoms with E-state index in [9.17, 15) is 9.90 Å². The highest BCUT2D eigenvalue weighted by Crippen LogP contribution is 2.36. The Labute approximate surface area is 154 Å². The molecule has 0 bridgehead atoms. The average Bonchev–Trinajstić information content (AvgIpc) is 3.35. The second kappa shape index (κ2) is 8.61. The summed E-state index contributed by atoms with van der Waals surface area (Å²) in [5.74, 6) is 5.15. The molecular weight excluding hydrogens is 358 g/mol. The third-order valence-electron chi connectivity index (χ3n) is 3.86. The number of morpholine rings is 1. The van der Waals surface area contributed by atoms with E-state index < -0.39 is 11.6 Å². The zero-order chi connectivity index (χ0) is 17.5. The van der Waals surface area contributed by atoms with Gasteiger partial charge in [-0.3, -0.25) is 4.90 Å². The van der Waals surface area contributed by atoms with Crippen molar-refractivity contribution in [1.82, 2.24) is 4.90 Å². The zero-order valence-electron chi connectivity index (χ0n) is 13.6. The Morgan fingerprint density at radius 2 is 1.84 bits per heavy atom. The first kappa shape index (κ1) is 18.1. The SMILES string of the molecule is O=C(OCC#CCN1CCOCC1)C(O)(c1cccs1)c1cccs1. The molecule has 132 valence electrons. The van der Waals surface area contributed by atoms with Gasteiger partial charge in [-0.15, -0.1) is 22.7 Å². The molecule has 1 aliphatic heterocycles. The molecule has 0 aromatic carbocycles. The van der Waals surface area contributed by atoms with Crippen molar-refractivity contribution in [2.45, 2.75) is 5.60 Å². The Morgan fingerprint density at radius 1 is 1.20 bits per heavy atom. The quantitative estimate of drug-likeness (QED) is 0.637. The van der Waals surface area contributed by atoms with Crippen molar-refractivity contribution in [2.24, 2.45) is 0 Å². The third kappa shape index (κ3) is 4.29. The molecule has 25 heavy (non-hydrogen) atoms. The van der Waals surface area contributed by atoms with E-state index in [0.29, 0.717) is 16.3 Å². The molecule has 1 aliphatic rings. The molecule has 2 aromatic heterocycles. The van der Waals surface area contributed by atoms with Crippen molar-refractivity contribution in [1.29, 1.82) is 0 Å². The number of hydrogen-bond acceptors (Lipinski definition) is 7. The minimum absolute atomic E-state index is 0.0395. The van der Waals surface area contributed by atoms with E-state index in [-0.39, 0.29) is 6.61 Å². The van der Waals surface area contributed by atoms with Crippen LogP contribution in [0.1, 0.15) is 9.75 Å². The first-order chi connectivity index (χ1) is 12.2. The van der Waals surface area contributed by atoms with Crippen molar-refractivity contribution in [3.63, 3.8) is 0 Å². The Bertz CT molecular complexity index is 691. The van der Waals surface area contributed by atoms with Gasteiger partial charge in [-0.1, -0.05) is 24.0 Å². The fourth-order valence-corrected chi connectivity index (χ4v) is 4.19. The van der Waals surface area contributed by atoms with Crippen molar-refractivity contribution in [3.05, 3.63) is 44.8 Å². The molecule has 1 fully saturated rings. The summed E-state index contributed by atoms with van der Waals surface area (Å²) in [4.78, 5) is 15.8. The molecule has 7 heteroatoms. The zero-order valence-corrected chi connectivity index (χ0v) is 15.3. The van der Waals surface area contributed by atoms with Crippen molar-refractivity contribution >= 4 is 28.6 Å². The van der Waals surface area contributed by atoms with Gasteiger partial charge in [0, 0.05) is 13.1 Å².